The molecule has 1 aromatic carbocycles. The highest BCUT2D eigenvalue weighted by Gasteiger charge is 2.37. The van der Waals surface area contributed by atoms with Crippen LogP contribution in [0.3, 0.4) is 0 Å². The molecule has 1 amide bonds. The maximum Gasteiger partial charge on any atom is 0.252 e. The van der Waals surface area contributed by atoms with Gasteiger partial charge in [0, 0.05) is 45.3 Å². The van der Waals surface area contributed by atoms with E-state index in [1.165, 1.54) is 5.56 Å². The lowest BCUT2D eigenvalue weighted by Gasteiger charge is -2.37. The maximum atomic E-state index is 12.3. The number of aliphatic hydroxyl groups is 1. The molecule has 1 aliphatic carbocycles. The van der Waals surface area contributed by atoms with E-state index in [1.807, 2.05) is 0 Å². The first kappa shape index (κ1) is 19.8. The van der Waals surface area contributed by atoms with E-state index in [9.17, 15) is 9.90 Å². The molecule has 3 fully saturated rings. The van der Waals surface area contributed by atoms with E-state index < -0.39 is 12.2 Å². The molecular formula is C22H33N3O3. The highest BCUT2D eigenvalue weighted by molar-refractivity contribution is 5.82. The van der Waals surface area contributed by atoms with Crippen molar-refractivity contribution in [3.05, 3.63) is 35.9 Å². The molecule has 3 unspecified atom stereocenters. The van der Waals surface area contributed by atoms with Crippen LogP contribution in [0.15, 0.2) is 30.3 Å². The summed E-state index contributed by atoms with van der Waals surface area (Å²) < 4.78 is 5.98. The SMILES string of the molecule is O=C(NC1CC1)C1OC(CCN2CCN(Cc3ccccc3)CC2)CCC1O. The predicted octanol–water partition coefficient (Wildman–Crippen LogP) is 1.38. The summed E-state index contributed by atoms with van der Waals surface area (Å²) in [6, 6.07) is 11.0. The molecule has 3 aliphatic rings. The van der Waals surface area contributed by atoms with Crippen LogP contribution in [-0.4, -0.2) is 77.9 Å². The smallest absolute Gasteiger partial charge is 0.252 e. The van der Waals surface area contributed by atoms with Gasteiger partial charge in [0.05, 0.1) is 12.2 Å². The zero-order valence-electron chi connectivity index (χ0n) is 16.6. The molecular weight excluding hydrogens is 354 g/mol. The molecule has 0 bridgehead atoms. The lowest BCUT2D eigenvalue weighted by Crippen LogP contribution is -2.50. The number of hydrogen-bond donors (Lipinski definition) is 2. The summed E-state index contributed by atoms with van der Waals surface area (Å²) in [5.74, 6) is -0.130. The fourth-order valence-corrected chi connectivity index (χ4v) is 4.17. The zero-order chi connectivity index (χ0) is 19.3. The number of ether oxygens (including phenoxy) is 1. The Bertz CT molecular complexity index is 629. The quantitative estimate of drug-likeness (QED) is 0.740. The summed E-state index contributed by atoms with van der Waals surface area (Å²) in [5, 5.41) is 13.1. The van der Waals surface area contributed by atoms with Crippen LogP contribution in [0, 0.1) is 0 Å². The molecule has 2 saturated heterocycles. The van der Waals surface area contributed by atoms with E-state index >= 15 is 0 Å². The third-order valence-corrected chi connectivity index (χ3v) is 6.14. The summed E-state index contributed by atoms with van der Waals surface area (Å²) in [7, 11) is 0. The standard InChI is InChI=1S/C22H33N3O3/c26-20-9-8-19(28-21(20)22(27)23-18-6-7-18)10-11-24-12-14-25(15-13-24)16-17-4-2-1-3-5-17/h1-5,18-21,26H,6-16H2,(H,23,27). The number of benzene rings is 1. The fourth-order valence-electron chi connectivity index (χ4n) is 4.17. The molecule has 3 atom stereocenters. The van der Waals surface area contributed by atoms with Crippen molar-refractivity contribution < 1.29 is 14.6 Å². The lowest BCUT2D eigenvalue weighted by molar-refractivity contribution is -0.158. The fraction of sp³-hybridized carbons (Fsp3) is 0.682. The van der Waals surface area contributed by atoms with Crippen molar-refractivity contribution in [2.24, 2.45) is 0 Å². The Morgan fingerprint density at radius 1 is 1.04 bits per heavy atom. The van der Waals surface area contributed by atoms with Gasteiger partial charge >= 0.3 is 0 Å². The van der Waals surface area contributed by atoms with Crippen LogP contribution < -0.4 is 5.32 Å². The minimum absolute atomic E-state index is 0.0701. The van der Waals surface area contributed by atoms with Crippen LogP contribution >= 0.6 is 0 Å². The Balaban J connectivity index is 1.17. The Labute approximate surface area is 167 Å². The summed E-state index contributed by atoms with van der Waals surface area (Å²) in [4.78, 5) is 17.3. The number of rotatable bonds is 7. The zero-order valence-corrected chi connectivity index (χ0v) is 16.6. The molecule has 0 aromatic heterocycles. The second kappa shape index (κ2) is 9.35. The van der Waals surface area contributed by atoms with E-state index in [0.717, 1.165) is 65.0 Å². The van der Waals surface area contributed by atoms with E-state index in [0.29, 0.717) is 12.5 Å². The lowest BCUT2D eigenvalue weighted by atomic mass is 9.98. The molecule has 1 saturated carbocycles. The van der Waals surface area contributed by atoms with Crippen molar-refractivity contribution in [1.82, 2.24) is 15.1 Å². The average Bonchev–Trinajstić information content (AvgIpc) is 3.53. The first-order valence-electron chi connectivity index (χ1n) is 10.8. The summed E-state index contributed by atoms with van der Waals surface area (Å²) >= 11 is 0. The van der Waals surface area contributed by atoms with Crippen molar-refractivity contribution >= 4 is 5.91 Å². The van der Waals surface area contributed by atoms with Crippen LogP contribution in [-0.2, 0) is 16.1 Å². The van der Waals surface area contributed by atoms with Gasteiger partial charge in [-0.3, -0.25) is 9.69 Å². The average molecular weight is 388 g/mol. The molecule has 2 heterocycles. The number of aliphatic hydroxyl groups excluding tert-OH is 1. The third kappa shape index (κ3) is 5.54. The summed E-state index contributed by atoms with van der Waals surface area (Å²) in [6.07, 6.45) is 3.22. The Kier molecular flexibility index (Phi) is 6.62. The van der Waals surface area contributed by atoms with Crippen LogP contribution in [0.2, 0.25) is 0 Å². The molecule has 6 heteroatoms. The predicted molar refractivity (Wildman–Crippen MR) is 108 cm³/mol. The molecule has 0 spiro atoms. The normalized spacial score (nSPS) is 29.5. The number of hydrogen-bond acceptors (Lipinski definition) is 5. The number of carbonyl (C=O) groups is 1. The van der Waals surface area contributed by atoms with Gasteiger partial charge in [-0.15, -0.1) is 0 Å². The minimum atomic E-state index is -0.693. The van der Waals surface area contributed by atoms with Crippen LogP contribution in [0.25, 0.3) is 0 Å². The molecule has 1 aromatic rings. The van der Waals surface area contributed by atoms with Crippen LogP contribution in [0.4, 0.5) is 0 Å². The number of carbonyl (C=O) groups excluding carboxylic acids is 1. The number of piperazine rings is 1. The largest absolute Gasteiger partial charge is 0.390 e. The van der Waals surface area contributed by atoms with Crippen LogP contribution in [0.1, 0.15) is 37.7 Å². The Morgan fingerprint density at radius 2 is 1.75 bits per heavy atom. The van der Waals surface area contributed by atoms with Crippen molar-refractivity contribution in [3.63, 3.8) is 0 Å². The van der Waals surface area contributed by atoms with Crippen molar-refractivity contribution in [3.8, 4) is 0 Å². The van der Waals surface area contributed by atoms with Gasteiger partial charge in [0.2, 0.25) is 0 Å². The highest BCUT2D eigenvalue weighted by Crippen LogP contribution is 2.25. The maximum absolute atomic E-state index is 12.3. The van der Waals surface area contributed by atoms with Gasteiger partial charge in [-0.05, 0) is 37.7 Å². The number of nitrogens with zero attached hydrogens (tertiary/aromatic N) is 2. The molecule has 154 valence electrons. The Hall–Kier alpha value is -1.47. The molecule has 0 radical (unpaired) electrons. The third-order valence-electron chi connectivity index (χ3n) is 6.14. The van der Waals surface area contributed by atoms with Crippen molar-refractivity contribution in [2.45, 2.75) is 63.0 Å². The molecule has 4 rings (SSSR count). The van der Waals surface area contributed by atoms with Gasteiger partial charge in [-0.2, -0.15) is 0 Å². The van der Waals surface area contributed by atoms with Gasteiger partial charge < -0.3 is 20.1 Å². The van der Waals surface area contributed by atoms with Gasteiger partial charge in [0.1, 0.15) is 0 Å². The second-order valence-electron chi connectivity index (χ2n) is 8.50. The van der Waals surface area contributed by atoms with E-state index in [4.69, 9.17) is 4.74 Å². The van der Waals surface area contributed by atoms with Crippen LogP contribution in [0.5, 0.6) is 0 Å². The first-order valence-corrected chi connectivity index (χ1v) is 10.8. The molecule has 2 N–H and O–H groups in total. The van der Waals surface area contributed by atoms with Crippen molar-refractivity contribution in [1.29, 1.82) is 0 Å². The highest BCUT2D eigenvalue weighted by atomic mass is 16.5. The minimum Gasteiger partial charge on any atom is -0.390 e. The van der Waals surface area contributed by atoms with E-state index in [2.05, 4.69) is 45.4 Å². The van der Waals surface area contributed by atoms with Crippen molar-refractivity contribution in [2.75, 3.05) is 32.7 Å². The monoisotopic (exact) mass is 387 g/mol. The topological polar surface area (TPSA) is 65.0 Å². The van der Waals surface area contributed by atoms with E-state index in [1.54, 1.807) is 0 Å². The summed E-state index contributed by atoms with van der Waals surface area (Å²) in [5.41, 5.74) is 1.38. The Morgan fingerprint density at radius 3 is 2.46 bits per heavy atom. The van der Waals surface area contributed by atoms with Gasteiger partial charge in [-0.25, -0.2) is 0 Å². The molecule has 28 heavy (non-hydrogen) atoms. The molecule has 6 nitrogen and oxygen atoms in total. The first-order chi connectivity index (χ1) is 13.7. The van der Waals surface area contributed by atoms with Gasteiger partial charge in [-0.1, -0.05) is 30.3 Å². The molecule has 2 aliphatic heterocycles. The number of amides is 1. The van der Waals surface area contributed by atoms with Gasteiger partial charge in [0.25, 0.3) is 5.91 Å². The van der Waals surface area contributed by atoms with E-state index in [-0.39, 0.29) is 12.0 Å². The van der Waals surface area contributed by atoms with Gasteiger partial charge in [0.15, 0.2) is 6.10 Å². The summed E-state index contributed by atoms with van der Waals surface area (Å²) in [6.45, 7) is 6.35. The second-order valence-corrected chi connectivity index (χ2v) is 8.50. The number of nitrogens with one attached hydrogen (secondary N) is 1.